The summed E-state index contributed by atoms with van der Waals surface area (Å²) in [5.74, 6) is 1.87. The van der Waals surface area contributed by atoms with Crippen molar-refractivity contribution in [3.05, 3.63) is 52.0 Å². The highest BCUT2D eigenvalue weighted by Gasteiger charge is 2.30. The van der Waals surface area contributed by atoms with Gasteiger partial charge in [-0.3, -0.25) is 5.01 Å². The number of benzene rings is 2. The Bertz CT molecular complexity index is 795. The van der Waals surface area contributed by atoms with Crippen LogP contribution in [0.15, 0.2) is 41.5 Å². The van der Waals surface area contributed by atoms with E-state index in [1.54, 1.807) is 26.4 Å². The Balaban J connectivity index is 2.01. The van der Waals surface area contributed by atoms with Crippen LogP contribution in [0.3, 0.4) is 0 Å². The van der Waals surface area contributed by atoms with Crippen LogP contribution in [-0.2, 0) is 0 Å². The molecule has 1 heterocycles. The lowest BCUT2D eigenvalue weighted by Crippen LogP contribution is -2.19. The van der Waals surface area contributed by atoms with Crippen molar-refractivity contribution < 1.29 is 9.47 Å². The number of hydrazone groups is 1. The number of hydrogen-bond donors (Lipinski definition) is 1. The molecule has 2 aromatic rings. The number of methoxy groups -OCH3 is 2. The van der Waals surface area contributed by atoms with Gasteiger partial charge >= 0.3 is 0 Å². The second-order valence-corrected chi connectivity index (χ2v) is 6.21. The molecule has 0 aliphatic carbocycles. The molecule has 0 aromatic heterocycles. The minimum absolute atomic E-state index is 0.0801. The van der Waals surface area contributed by atoms with Crippen molar-refractivity contribution in [2.24, 2.45) is 10.8 Å². The first-order valence-electron chi connectivity index (χ1n) is 7.32. The van der Waals surface area contributed by atoms with Gasteiger partial charge in [0.25, 0.3) is 0 Å². The average Bonchev–Trinajstić information content (AvgIpc) is 2.95. The Hall–Kier alpha value is -2.11. The van der Waals surface area contributed by atoms with Crippen LogP contribution in [0.25, 0.3) is 0 Å². The standard InChI is InChI=1S/C17H17Cl2N3O2/c1-23-15-6-3-10(7-16(15)24-2)14-9-17(20)21-22(14)13-5-4-11(18)8-12(13)19/h3-8,14H,9H2,1-2H3,(H2,20,21). The normalized spacial score (nSPS) is 16.9. The minimum atomic E-state index is -0.0801. The molecule has 1 atom stereocenters. The zero-order chi connectivity index (χ0) is 17.3. The van der Waals surface area contributed by atoms with Crippen molar-refractivity contribution >= 4 is 34.7 Å². The molecule has 0 saturated heterocycles. The van der Waals surface area contributed by atoms with E-state index in [1.807, 2.05) is 29.3 Å². The van der Waals surface area contributed by atoms with Gasteiger partial charge in [0.2, 0.25) is 0 Å². The molecule has 0 fully saturated rings. The van der Waals surface area contributed by atoms with Crippen LogP contribution in [0.5, 0.6) is 11.5 Å². The van der Waals surface area contributed by atoms with Crippen LogP contribution in [0.4, 0.5) is 5.69 Å². The Kier molecular flexibility index (Phi) is 4.73. The van der Waals surface area contributed by atoms with E-state index in [9.17, 15) is 0 Å². The first kappa shape index (κ1) is 16.7. The SMILES string of the molecule is COc1ccc(C2CC(N)=NN2c2ccc(Cl)cc2Cl)cc1OC. The van der Waals surface area contributed by atoms with E-state index in [1.165, 1.54) is 0 Å². The van der Waals surface area contributed by atoms with Gasteiger partial charge in [0.15, 0.2) is 11.5 Å². The molecule has 5 nitrogen and oxygen atoms in total. The quantitative estimate of drug-likeness (QED) is 0.880. The van der Waals surface area contributed by atoms with Gasteiger partial charge in [-0.25, -0.2) is 0 Å². The van der Waals surface area contributed by atoms with Gasteiger partial charge in [-0.15, -0.1) is 0 Å². The Morgan fingerprint density at radius 2 is 1.83 bits per heavy atom. The van der Waals surface area contributed by atoms with Crippen LogP contribution in [0, 0.1) is 0 Å². The first-order valence-corrected chi connectivity index (χ1v) is 8.08. The minimum Gasteiger partial charge on any atom is -0.493 e. The molecule has 0 amide bonds. The molecule has 1 aliphatic heterocycles. The number of amidine groups is 1. The molecule has 0 saturated carbocycles. The number of nitrogens with zero attached hydrogens (tertiary/aromatic N) is 2. The van der Waals surface area contributed by atoms with E-state index < -0.39 is 0 Å². The summed E-state index contributed by atoms with van der Waals surface area (Å²) < 4.78 is 10.7. The van der Waals surface area contributed by atoms with Crippen molar-refractivity contribution in [2.45, 2.75) is 12.5 Å². The average molecular weight is 366 g/mol. The molecular weight excluding hydrogens is 349 g/mol. The maximum Gasteiger partial charge on any atom is 0.161 e. The van der Waals surface area contributed by atoms with E-state index in [2.05, 4.69) is 5.10 Å². The van der Waals surface area contributed by atoms with Gasteiger partial charge in [-0.05, 0) is 35.9 Å². The van der Waals surface area contributed by atoms with Crippen molar-refractivity contribution in [1.29, 1.82) is 0 Å². The number of halogens is 2. The molecular formula is C17H17Cl2N3O2. The number of hydrogen-bond acceptors (Lipinski definition) is 5. The van der Waals surface area contributed by atoms with Crippen molar-refractivity contribution in [1.82, 2.24) is 0 Å². The summed E-state index contributed by atoms with van der Waals surface area (Å²) in [4.78, 5) is 0. The van der Waals surface area contributed by atoms with Gasteiger partial charge in [0, 0.05) is 11.4 Å². The summed E-state index contributed by atoms with van der Waals surface area (Å²) in [5, 5.41) is 7.34. The second kappa shape index (κ2) is 6.79. The van der Waals surface area contributed by atoms with Gasteiger partial charge in [0.05, 0.1) is 31.0 Å². The molecule has 126 valence electrons. The third kappa shape index (κ3) is 3.09. The third-order valence-electron chi connectivity index (χ3n) is 3.88. The topological polar surface area (TPSA) is 60.1 Å². The predicted molar refractivity (Wildman–Crippen MR) is 97.5 cm³/mol. The summed E-state index contributed by atoms with van der Waals surface area (Å²) in [6, 6.07) is 11.0. The van der Waals surface area contributed by atoms with E-state index >= 15 is 0 Å². The fourth-order valence-corrected chi connectivity index (χ4v) is 3.24. The van der Waals surface area contributed by atoms with Crippen LogP contribution < -0.4 is 20.2 Å². The number of rotatable bonds is 4. The van der Waals surface area contributed by atoms with Gasteiger partial charge in [0.1, 0.15) is 5.84 Å². The summed E-state index contributed by atoms with van der Waals surface area (Å²) in [6.45, 7) is 0. The van der Waals surface area contributed by atoms with Crippen LogP contribution in [0.2, 0.25) is 10.0 Å². The molecule has 0 spiro atoms. The highest BCUT2D eigenvalue weighted by Crippen LogP contribution is 2.41. The molecule has 2 aromatic carbocycles. The van der Waals surface area contributed by atoms with E-state index in [4.69, 9.17) is 38.4 Å². The smallest absolute Gasteiger partial charge is 0.161 e. The molecule has 1 aliphatic rings. The molecule has 1 unspecified atom stereocenters. The highest BCUT2D eigenvalue weighted by atomic mass is 35.5. The fraction of sp³-hybridized carbons (Fsp3) is 0.235. The third-order valence-corrected chi connectivity index (χ3v) is 4.42. The van der Waals surface area contributed by atoms with Crippen molar-refractivity contribution in [3.8, 4) is 11.5 Å². The predicted octanol–water partition coefficient (Wildman–Crippen LogP) is 4.23. The zero-order valence-electron chi connectivity index (χ0n) is 13.3. The maximum absolute atomic E-state index is 6.34. The summed E-state index contributed by atoms with van der Waals surface area (Å²) in [5.41, 5.74) is 7.73. The van der Waals surface area contributed by atoms with Gasteiger partial charge in [-0.1, -0.05) is 29.3 Å². The molecule has 24 heavy (non-hydrogen) atoms. The maximum atomic E-state index is 6.34. The summed E-state index contributed by atoms with van der Waals surface area (Å²) in [6.07, 6.45) is 0.592. The molecule has 0 radical (unpaired) electrons. The fourth-order valence-electron chi connectivity index (χ4n) is 2.74. The molecule has 2 N–H and O–H groups in total. The van der Waals surface area contributed by atoms with E-state index in [0.29, 0.717) is 33.8 Å². The molecule has 0 bridgehead atoms. The lowest BCUT2D eigenvalue weighted by atomic mass is 10.0. The number of anilines is 1. The number of nitrogens with two attached hydrogens (primary N) is 1. The van der Waals surface area contributed by atoms with Crippen molar-refractivity contribution in [2.75, 3.05) is 19.2 Å². The van der Waals surface area contributed by atoms with Crippen LogP contribution in [-0.4, -0.2) is 20.1 Å². The molecule has 3 rings (SSSR count). The zero-order valence-corrected chi connectivity index (χ0v) is 14.8. The monoisotopic (exact) mass is 365 g/mol. The van der Waals surface area contributed by atoms with Crippen molar-refractivity contribution in [3.63, 3.8) is 0 Å². The Morgan fingerprint density at radius 1 is 1.08 bits per heavy atom. The van der Waals surface area contributed by atoms with Gasteiger partial charge < -0.3 is 15.2 Å². The summed E-state index contributed by atoms with van der Waals surface area (Å²) in [7, 11) is 3.21. The van der Waals surface area contributed by atoms with Crippen LogP contribution >= 0.6 is 23.2 Å². The molecule has 7 heteroatoms. The van der Waals surface area contributed by atoms with E-state index in [0.717, 1.165) is 11.3 Å². The lowest BCUT2D eigenvalue weighted by Gasteiger charge is -2.25. The van der Waals surface area contributed by atoms with Gasteiger partial charge in [-0.2, -0.15) is 5.10 Å². The van der Waals surface area contributed by atoms with Crippen LogP contribution in [0.1, 0.15) is 18.0 Å². The number of ether oxygens (including phenoxy) is 2. The lowest BCUT2D eigenvalue weighted by molar-refractivity contribution is 0.354. The largest absolute Gasteiger partial charge is 0.493 e. The summed E-state index contributed by atoms with van der Waals surface area (Å²) >= 11 is 12.3. The highest BCUT2D eigenvalue weighted by molar-refractivity contribution is 6.36. The van der Waals surface area contributed by atoms with E-state index in [-0.39, 0.29) is 6.04 Å². The Labute approximate surface area is 150 Å². The second-order valence-electron chi connectivity index (χ2n) is 5.37. The first-order chi connectivity index (χ1) is 11.5. The Morgan fingerprint density at radius 3 is 2.50 bits per heavy atom.